The quantitative estimate of drug-likeness (QED) is 0.781. The second-order valence-electron chi connectivity index (χ2n) is 6.45. The third-order valence-electron chi connectivity index (χ3n) is 4.84. The molecule has 2 aliphatic rings. The number of aliphatic hydroxyl groups is 1. The molecule has 5 nitrogen and oxygen atoms in total. The van der Waals surface area contributed by atoms with Gasteiger partial charge in [-0.25, -0.2) is 0 Å². The average molecular weight is 268 g/mol. The molecule has 108 valence electrons. The number of amides is 2. The molecule has 1 aliphatic carbocycles. The fourth-order valence-corrected chi connectivity index (χ4v) is 2.96. The molecule has 0 spiro atoms. The summed E-state index contributed by atoms with van der Waals surface area (Å²) in [6.45, 7) is 5.31. The van der Waals surface area contributed by atoms with E-state index in [4.69, 9.17) is 0 Å². The van der Waals surface area contributed by atoms with Crippen molar-refractivity contribution in [2.75, 3.05) is 26.2 Å². The van der Waals surface area contributed by atoms with Gasteiger partial charge in [0.1, 0.15) is 0 Å². The number of rotatable bonds is 4. The first-order chi connectivity index (χ1) is 8.91. The third-order valence-corrected chi connectivity index (χ3v) is 4.84. The van der Waals surface area contributed by atoms with E-state index in [0.29, 0.717) is 26.1 Å². The molecular formula is C14H24N2O3. The Kier molecular flexibility index (Phi) is 3.85. The first kappa shape index (κ1) is 14.3. The zero-order valence-electron chi connectivity index (χ0n) is 11.9. The van der Waals surface area contributed by atoms with Crippen molar-refractivity contribution in [1.29, 1.82) is 0 Å². The summed E-state index contributed by atoms with van der Waals surface area (Å²) < 4.78 is 0. The summed E-state index contributed by atoms with van der Waals surface area (Å²) >= 11 is 0. The Morgan fingerprint density at radius 2 is 2.00 bits per heavy atom. The fraction of sp³-hybridized carbons (Fsp3) is 0.857. The summed E-state index contributed by atoms with van der Waals surface area (Å²) in [4.78, 5) is 25.4. The van der Waals surface area contributed by atoms with Gasteiger partial charge in [-0.3, -0.25) is 9.59 Å². The Hall–Kier alpha value is -1.10. The molecule has 0 bridgehead atoms. The minimum Gasteiger partial charge on any atom is -0.396 e. The molecule has 1 unspecified atom stereocenters. The van der Waals surface area contributed by atoms with Crippen LogP contribution in [0.1, 0.15) is 39.5 Å². The summed E-state index contributed by atoms with van der Waals surface area (Å²) in [6.07, 6.45) is 3.82. The standard InChI is InChI=1S/C14H24N2O3/c1-11(18)16-7-6-13(2,9-16)12(19)15-8-14(10-17)4-3-5-14/h17H,3-10H2,1-2H3,(H,15,19). The van der Waals surface area contributed by atoms with E-state index in [1.807, 2.05) is 6.92 Å². The normalized spacial score (nSPS) is 28.9. The molecule has 2 N–H and O–H groups in total. The maximum absolute atomic E-state index is 12.3. The Morgan fingerprint density at radius 3 is 2.42 bits per heavy atom. The molecule has 1 saturated heterocycles. The molecular weight excluding hydrogens is 244 g/mol. The molecule has 1 saturated carbocycles. The second kappa shape index (κ2) is 5.12. The number of carbonyl (C=O) groups excluding carboxylic acids is 2. The van der Waals surface area contributed by atoms with Gasteiger partial charge in [0.2, 0.25) is 11.8 Å². The minimum atomic E-state index is -0.480. The average Bonchev–Trinajstić information content (AvgIpc) is 2.72. The van der Waals surface area contributed by atoms with Crippen molar-refractivity contribution in [2.45, 2.75) is 39.5 Å². The SMILES string of the molecule is CC(=O)N1CCC(C)(C(=O)NCC2(CO)CCC2)C1. The maximum Gasteiger partial charge on any atom is 0.227 e. The molecule has 0 aromatic rings. The third kappa shape index (κ3) is 2.76. The molecule has 0 radical (unpaired) electrons. The summed E-state index contributed by atoms with van der Waals surface area (Å²) in [5, 5.41) is 12.4. The zero-order chi connectivity index (χ0) is 14.1. The Balaban J connectivity index is 1.88. The van der Waals surface area contributed by atoms with Crippen molar-refractivity contribution < 1.29 is 14.7 Å². The van der Waals surface area contributed by atoms with Crippen LogP contribution < -0.4 is 5.32 Å². The van der Waals surface area contributed by atoms with Crippen LogP contribution in [0.5, 0.6) is 0 Å². The van der Waals surface area contributed by atoms with Crippen molar-refractivity contribution in [3.05, 3.63) is 0 Å². The van der Waals surface area contributed by atoms with Gasteiger partial charge in [-0.2, -0.15) is 0 Å². The molecule has 2 fully saturated rings. The lowest BCUT2D eigenvalue weighted by Crippen LogP contribution is -2.49. The van der Waals surface area contributed by atoms with Gasteiger partial charge in [-0.15, -0.1) is 0 Å². The number of nitrogens with one attached hydrogen (secondary N) is 1. The molecule has 0 aromatic heterocycles. The summed E-state index contributed by atoms with van der Waals surface area (Å²) in [5.41, 5.74) is -0.572. The van der Waals surface area contributed by atoms with E-state index >= 15 is 0 Å². The number of carbonyl (C=O) groups is 2. The van der Waals surface area contributed by atoms with E-state index in [9.17, 15) is 14.7 Å². The highest BCUT2D eigenvalue weighted by Gasteiger charge is 2.43. The van der Waals surface area contributed by atoms with Gasteiger partial charge in [0.25, 0.3) is 0 Å². The van der Waals surface area contributed by atoms with Crippen LogP contribution in [0.25, 0.3) is 0 Å². The summed E-state index contributed by atoms with van der Waals surface area (Å²) in [5.74, 6) is 0.0401. The van der Waals surface area contributed by atoms with Gasteiger partial charge in [-0.05, 0) is 26.2 Å². The highest BCUT2D eigenvalue weighted by Crippen LogP contribution is 2.40. The maximum atomic E-state index is 12.3. The highest BCUT2D eigenvalue weighted by molar-refractivity contribution is 5.84. The number of hydrogen-bond acceptors (Lipinski definition) is 3. The van der Waals surface area contributed by atoms with Gasteiger partial charge < -0.3 is 15.3 Å². The van der Waals surface area contributed by atoms with Crippen molar-refractivity contribution in [2.24, 2.45) is 10.8 Å². The van der Waals surface area contributed by atoms with Crippen molar-refractivity contribution >= 4 is 11.8 Å². The Bertz CT molecular complexity index is 373. The predicted octanol–water partition coefficient (Wildman–Crippen LogP) is 0.524. The predicted molar refractivity (Wildman–Crippen MR) is 71.4 cm³/mol. The van der Waals surface area contributed by atoms with Crippen LogP contribution in [-0.4, -0.2) is 48.1 Å². The van der Waals surface area contributed by atoms with Gasteiger partial charge in [0.15, 0.2) is 0 Å². The van der Waals surface area contributed by atoms with E-state index in [2.05, 4.69) is 5.32 Å². The van der Waals surface area contributed by atoms with Crippen LogP contribution in [-0.2, 0) is 9.59 Å². The molecule has 19 heavy (non-hydrogen) atoms. The van der Waals surface area contributed by atoms with Crippen LogP contribution in [0.15, 0.2) is 0 Å². The lowest BCUT2D eigenvalue weighted by molar-refractivity contribution is -0.132. The van der Waals surface area contributed by atoms with Crippen LogP contribution in [0, 0.1) is 10.8 Å². The van der Waals surface area contributed by atoms with E-state index in [-0.39, 0.29) is 23.8 Å². The minimum absolute atomic E-state index is 0.0102. The number of nitrogens with zero attached hydrogens (tertiary/aromatic N) is 1. The van der Waals surface area contributed by atoms with Gasteiger partial charge in [0.05, 0.1) is 12.0 Å². The monoisotopic (exact) mass is 268 g/mol. The van der Waals surface area contributed by atoms with Gasteiger partial charge >= 0.3 is 0 Å². The van der Waals surface area contributed by atoms with Crippen LogP contribution in [0.3, 0.4) is 0 Å². The summed E-state index contributed by atoms with van der Waals surface area (Å²) in [7, 11) is 0. The molecule has 2 rings (SSSR count). The van der Waals surface area contributed by atoms with Crippen molar-refractivity contribution in [1.82, 2.24) is 10.2 Å². The number of likely N-dealkylation sites (tertiary alicyclic amines) is 1. The second-order valence-corrected chi connectivity index (χ2v) is 6.45. The Morgan fingerprint density at radius 1 is 1.32 bits per heavy atom. The van der Waals surface area contributed by atoms with Gasteiger partial charge in [0, 0.05) is 32.0 Å². The van der Waals surface area contributed by atoms with Gasteiger partial charge in [-0.1, -0.05) is 6.42 Å². The molecule has 0 aromatic carbocycles. The topological polar surface area (TPSA) is 69.6 Å². The van der Waals surface area contributed by atoms with E-state index < -0.39 is 5.41 Å². The fourth-order valence-electron chi connectivity index (χ4n) is 2.96. The largest absolute Gasteiger partial charge is 0.396 e. The van der Waals surface area contributed by atoms with E-state index in [0.717, 1.165) is 19.3 Å². The lowest BCUT2D eigenvalue weighted by atomic mass is 9.69. The summed E-state index contributed by atoms with van der Waals surface area (Å²) in [6, 6.07) is 0. The highest BCUT2D eigenvalue weighted by atomic mass is 16.3. The van der Waals surface area contributed by atoms with Crippen molar-refractivity contribution in [3.8, 4) is 0 Å². The van der Waals surface area contributed by atoms with Crippen molar-refractivity contribution in [3.63, 3.8) is 0 Å². The smallest absolute Gasteiger partial charge is 0.227 e. The first-order valence-electron chi connectivity index (χ1n) is 7.06. The first-order valence-corrected chi connectivity index (χ1v) is 7.06. The zero-order valence-corrected chi connectivity index (χ0v) is 11.9. The molecule has 2 amide bonds. The molecule has 1 aliphatic heterocycles. The molecule has 1 atom stereocenters. The van der Waals surface area contributed by atoms with Crippen LogP contribution >= 0.6 is 0 Å². The lowest BCUT2D eigenvalue weighted by Gasteiger charge is -2.41. The van der Waals surface area contributed by atoms with E-state index in [1.165, 1.54) is 0 Å². The molecule has 1 heterocycles. The number of hydrogen-bond donors (Lipinski definition) is 2. The number of aliphatic hydroxyl groups excluding tert-OH is 1. The van der Waals surface area contributed by atoms with Crippen LogP contribution in [0.2, 0.25) is 0 Å². The Labute approximate surface area is 114 Å². The van der Waals surface area contributed by atoms with E-state index in [1.54, 1.807) is 11.8 Å². The molecule has 5 heteroatoms. The van der Waals surface area contributed by atoms with Crippen LogP contribution in [0.4, 0.5) is 0 Å².